The fourth-order valence-electron chi connectivity index (χ4n) is 2.37. The molecule has 1 aliphatic heterocycles. The second-order valence-corrected chi connectivity index (χ2v) is 4.76. The van der Waals surface area contributed by atoms with Crippen molar-refractivity contribution in [1.29, 1.82) is 0 Å². The van der Waals surface area contributed by atoms with Crippen LogP contribution in [0.25, 0.3) is 0 Å². The minimum atomic E-state index is 0.0518. The minimum absolute atomic E-state index is 0.0518. The van der Waals surface area contributed by atoms with Crippen molar-refractivity contribution < 1.29 is 9.94 Å². The number of pyridine rings is 1. The van der Waals surface area contributed by atoms with E-state index < -0.39 is 0 Å². The largest absolute Gasteiger partial charge is 0.409 e. The third-order valence-electron chi connectivity index (χ3n) is 3.48. The molecule has 0 aromatic carbocycles. The summed E-state index contributed by atoms with van der Waals surface area (Å²) in [5.41, 5.74) is 7.16. The topological polar surface area (TPSA) is 84.0 Å². The van der Waals surface area contributed by atoms with Gasteiger partial charge in [-0.15, -0.1) is 0 Å². The highest BCUT2D eigenvalue weighted by atomic mass is 16.5. The van der Waals surface area contributed by atoms with Gasteiger partial charge in [0, 0.05) is 32.0 Å². The van der Waals surface area contributed by atoms with Crippen molar-refractivity contribution in [2.24, 2.45) is 10.9 Å². The molecule has 2 rings (SSSR count). The van der Waals surface area contributed by atoms with E-state index in [1.165, 1.54) is 0 Å². The summed E-state index contributed by atoms with van der Waals surface area (Å²) in [6.45, 7) is 2.36. The fraction of sp³-hybridized carbons (Fsp3) is 0.538. The first kappa shape index (κ1) is 13.8. The lowest BCUT2D eigenvalue weighted by atomic mass is 10.1. The maximum absolute atomic E-state index is 8.79. The predicted molar refractivity (Wildman–Crippen MR) is 72.1 cm³/mol. The average molecular weight is 264 g/mol. The van der Waals surface area contributed by atoms with Gasteiger partial charge in [-0.2, -0.15) is 0 Å². The predicted octanol–water partition coefficient (Wildman–Crippen LogP) is 0.787. The van der Waals surface area contributed by atoms with Crippen molar-refractivity contribution in [3.05, 3.63) is 29.6 Å². The maximum Gasteiger partial charge on any atom is 0.189 e. The van der Waals surface area contributed by atoms with Crippen LogP contribution in [0, 0.1) is 0 Å². The Morgan fingerprint density at radius 1 is 1.58 bits per heavy atom. The van der Waals surface area contributed by atoms with Gasteiger partial charge in [-0.3, -0.25) is 9.88 Å². The molecule has 1 aromatic rings. The van der Waals surface area contributed by atoms with E-state index in [9.17, 15) is 0 Å². The Balaban J connectivity index is 2.09. The van der Waals surface area contributed by atoms with Crippen LogP contribution in [0.2, 0.25) is 0 Å². The number of oxime groups is 1. The Morgan fingerprint density at radius 2 is 2.32 bits per heavy atom. The number of aromatic nitrogens is 1. The Bertz CT molecular complexity index is 444. The van der Waals surface area contributed by atoms with Crippen molar-refractivity contribution in [3.63, 3.8) is 0 Å². The molecule has 0 saturated carbocycles. The zero-order chi connectivity index (χ0) is 13.7. The zero-order valence-electron chi connectivity index (χ0n) is 11.1. The molecule has 6 nitrogen and oxygen atoms in total. The number of hydrogen-bond acceptors (Lipinski definition) is 5. The highest BCUT2D eigenvalue weighted by molar-refractivity contribution is 5.96. The van der Waals surface area contributed by atoms with E-state index >= 15 is 0 Å². The second kappa shape index (κ2) is 6.49. The quantitative estimate of drug-likeness (QED) is 0.363. The van der Waals surface area contributed by atoms with E-state index in [1.807, 2.05) is 12.1 Å². The van der Waals surface area contributed by atoms with Crippen molar-refractivity contribution in [3.8, 4) is 0 Å². The van der Waals surface area contributed by atoms with E-state index in [-0.39, 0.29) is 5.84 Å². The molecule has 1 fully saturated rings. The SMILES string of the molecule is CN(Cc1cccnc1C(N)=NO)C1CCOCC1. The highest BCUT2D eigenvalue weighted by Gasteiger charge is 2.20. The summed E-state index contributed by atoms with van der Waals surface area (Å²) in [6.07, 6.45) is 3.72. The maximum atomic E-state index is 8.79. The van der Waals surface area contributed by atoms with Crippen LogP contribution in [0.4, 0.5) is 0 Å². The molecule has 0 unspecified atom stereocenters. The molecule has 1 aromatic heterocycles. The van der Waals surface area contributed by atoms with Crippen LogP contribution in [0.15, 0.2) is 23.5 Å². The summed E-state index contributed by atoms with van der Waals surface area (Å²) in [6, 6.07) is 4.33. The van der Waals surface area contributed by atoms with Crippen molar-refractivity contribution in [2.75, 3.05) is 20.3 Å². The lowest BCUT2D eigenvalue weighted by Crippen LogP contribution is -2.36. The molecule has 19 heavy (non-hydrogen) atoms. The number of hydrogen-bond donors (Lipinski definition) is 2. The molecular formula is C13H20N4O2. The summed E-state index contributed by atoms with van der Waals surface area (Å²) in [7, 11) is 2.08. The van der Waals surface area contributed by atoms with E-state index in [4.69, 9.17) is 15.7 Å². The monoisotopic (exact) mass is 264 g/mol. The van der Waals surface area contributed by atoms with E-state index in [1.54, 1.807) is 6.20 Å². The number of rotatable bonds is 4. The molecule has 0 atom stereocenters. The Hall–Kier alpha value is -1.66. The van der Waals surface area contributed by atoms with E-state index in [0.29, 0.717) is 11.7 Å². The molecule has 0 bridgehead atoms. The number of amidine groups is 1. The summed E-state index contributed by atoms with van der Waals surface area (Å²) < 4.78 is 5.37. The normalized spacial score (nSPS) is 17.9. The lowest BCUT2D eigenvalue weighted by molar-refractivity contribution is 0.0406. The van der Waals surface area contributed by atoms with Gasteiger partial charge in [0.25, 0.3) is 0 Å². The minimum Gasteiger partial charge on any atom is -0.409 e. The molecule has 0 amide bonds. The van der Waals surface area contributed by atoms with Crippen LogP contribution in [0.3, 0.4) is 0 Å². The smallest absolute Gasteiger partial charge is 0.189 e. The molecule has 0 spiro atoms. The third kappa shape index (κ3) is 3.42. The number of ether oxygens (including phenoxy) is 1. The van der Waals surface area contributed by atoms with Crippen LogP contribution in [0.1, 0.15) is 24.1 Å². The summed E-state index contributed by atoms with van der Waals surface area (Å²) in [4.78, 5) is 6.45. The Morgan fingerprint density at radius 3 is 3.00 bits per heavy atom. The van der Waals surface area contributed by atoms with Crippen LogP contribution in [-0.4, -0.2) is 47.2 Å². The van der Waals surface area contributed by atoms with Crippen LogP contribution in [0.5, 0.6) is 0 Å². The van der Waals surface area contributed by atoms with Crippen LogP contribution < -0.4 is 5.73 Å². The number of nitrogens with two attached hydrogens (primary N) is 1. The third-order valence-corrected chi connectivity index (χ3v) is 3.48. The van der Waals surface area contributed by atoms with E-state index in [0.717, 1.165) is 38.2 Å². The van der Waals surface area contributed by atoms with Gasteiger partial charge in [-0.05, 0) is 31.5 Å². The van der Waals surface area contributed by atoms with Crippen LogP contribution >= 0.6 is 0 Å². The standard InChI is InChI=1S/C13H20N4O2/c1-17(11-4-7-19-8-5-11)9-10-3-2-6-15-12(10)13(14)16-18/h2-3,6,11,18H,4-5,7-9H2,1H3,(H2,14,16). The Kier molecular flexibility index (Phi) is 4.70. The first-order valence-corrected chi connectivity index (χ1v) is 6.42. The first-order valence-electron chi connectivity index (χ1n) is 6.42. The van der Waals surface area contributed by atoms with Crippen LogP contribution in [-0.2, 0) is 11.3 Å². The first-order chi connectivity index (χ1) is 9.22. The molecular weight excluding hydrogens is 244 g/mol. The molecule has 0 radical (unpaired) electrons. The molecule has 6 heteroatoms. The van der Waals surface area contributed by atoms with Gasteiger partial charge in [0.2, 0.25) is 0 Å². The molecule has 1 saturated heterocycles. The molecule has 104 valence electrons. The summed E-state index contributed by atoms with van der Waals surface area (Å²) >= 11 is 0. The van der Waals surface area contributed by atoms with Crippen molar-refractivity contribution >= 4 is 5.84 Å². The van der Waals surface area contributed by atoms with E-state index in [2.05, 4.69) is 22.1 Å². The van der Waals surface area contributed by atoms with Gasteiger partial charge in [-0.1, -0.05) is 11.2 Å². The van der Waals surface area contributed by atoms with Gasteiger partial charge in [0.1, 0.15) is 5.69 Å². The lowest BCUT2D eigenvalue weighted by Gasteiger charge is -2.31. The molecule has 2 heterocycles. The molecule has 3 N–H and O–H groups in total. The summed E-state index contributed by atoms with van der Waals surface area (Å²) in [5.74, 6) is 0.0518. The van der Waals surface area contributed by atoms with Gasteiger partial charge in [0.05, 0.1) is 0 Å². The van der Waals surface area contributed by atoms with Crippen molar-refractivity contribution in [2.45, 2.75) is 25.4 Å². The average Bonchev–Trinajstić information content (AvgIpc) is 2.48. The summed E-state index contributed by atoms with van der Waals surface area (Å²) in [5, 5.41) is 11.8. The van der Waals surface area contributed by atoms with Gasteiger partial charge in [-0.25, -0.2) is 0 Å². The van der Waals surface area contributed by atoms with Crippen molar-refractivity contribution in [1.82, 2.24) is 9.88 Å². The molecule has 0 aliphatic carbocycles. The van der Waals surface area contributed by atoms with Gasteiger partial charge >= 0.3 is 0 Å². The van der Waals surface area contributed by atoms with Gasteiger partial charge in [0.15, 0.2) is 5.84 Å². The number of nitrogens with zero attached hydrogens (tertiary/aromatic N) is 3. The zero-order valence-corrected chi connectivity index (χ0v) is 11.1. The fourth-order valence-corrected chi connectivity index (χ4v) is 2.37. The van der Waals surface area contributed by atoms with Gasteiger partial charge < -0.3 is 15.7 Å². The molecule has 1 aliphatic rings. The highest BCUT2D eigenvalue weighted by Crippen LogP contribution is 2.16. The Labute approximate surface area is 112 Å². The second-order valence-electron chi connectivity index (χ2n) is 4.76.